The third kappa shape index (κ3) is 6.28. The van der Waals surface area contributed by atoms with E-state index in [1.807, 2.05) is 18.2 Å². The van der Waals surface area contributed by atoms with E-state index in [1.54, 1.807) is 32.6 Å². The first-order valence-electron chi connectivity index (χ1n) is 8.56. The van der Waals surface area contributed by atoms with Gasteiger partial charge in [-0.05, 0) is 51.3 Å². The van der Waals surface area contributed by atoms with Crippen LogP contribution in [0.5, 0.6) is 23.0 Å². The smallest absolute Gasteiger partial charge is 0.343 e. The highest BCUT2D eigenvalue weighted by Crippen LogP contribution is 2.36. The van der Waals surface area contributed by atoms with Crippen LogP contribution < -0.4 is 24.4 Å². The highest BCUT2D eigenvalue weighted by Gasteiger charge is 2.13. The van der Waals surface area contributed by atoms with E-state index in [2.05, 4.69) is 31.2 Å². The van der Waals surface area contributed by atoms with E-state index in [0.29, 0.717) is 34.0 Å². The van der Waals surface area contributed by atoms with Crippen molar-refractivity contribution in [3.05, 3.63) is 45.9 Å². The van der Waals surface area contributed by atoms with Gasteiger partial charge in [0.15, 0.2) is 29.6 Å². The summed E-state index contributed by atoms with van der Waals surface area (Å²) in [6.45, 7) is 0.293. The molecule has 0 amide bonds. The number of carbonyl (C=O) groups excluding carboxylic acids is 1. The van der Waals surface area contributed by atoms with Crippen molar-refractivity contribution in [1.29, 1.82) is 0 Å². The number of nitrogens with zero attached hydrogens (tertiary/aromatic N) is 1. The Morgan fingerprint density at radius 2 is 1.76 bits per heavy atom. The standard InChI is InChI=1S/C20H23BrN2O6/c1-25-16-6-5-13(8-17(16)26-2)10-22-23-11-14-7-15(21)20(18(9-14)27-3)29-12-19(24)28-4/h5-9,11,22H,10,12H2,1-4H3/b23-11-. The predicted molar refractivity (Wildman–Crippen MR) is 112 cm³/mol. The largest absolute Gasteiger partial charge is 0.493 e. The van der Waals surface area contributed by atoms with Gasteiger partial charge in [0, 0.05) is 0 Å². The highest BCUT2D eigenvalue weighted by atomic mass is 79.9. The van der Waals surface area contributed by atoms with E-state index >= 15 is 0 Å². The number of hydrogen-bond donors (Lipinski definition) is 1. The average molecular weight is 467 g/mol. The topological polar surface area (TPSA) is 87.6 Å². The number of carbonyl (C=O) groups is 1. The Hall–Kier alpha value is -2.94. The first-order chi connectivity index (χ1) is 14.0. The molecule has 0 saturated carbocycles. The number of halogens is 1. The van der Waals surface area contributed by atoms with Gasteiger partial charge >= 0.3 is 5.97 Å². The number of hydrogen-bond acceptors (Lipinski definition) is 8. The van der Waals surface area contributed by atoms with Crippen molar-refractivity contribution < 1.29 is 28.5 Å². The summed E-state index contributed by atoms with van der Waals surface area (Å²) in [6.07, 6.45) is 1.65. The molecule has 8 nitrogen and oxygen atoms in total. The van der Waals surface area contributed by atoms with Gasteiger partial charge in [0.2, 0.25) is 0 Å². The van der Waals surface area contributed by atoms with Gasteiger partial charge in [-0.1, -0.05) is 6.07 Å². The maximum atomic E-state index is 11.3. The van der Waals surface area contributed by atoms with Crippen molar-refractivity contribution >= 4 is 28.1 Å². The van der Waals surface area contributed by atoms with Crippen molar-refractivity contribution in [3.8, 4) is 23.0 Å². The number of hydrazone groups is 1. The summed E-state index contributed by atoms with van der Waals surface area (Å²) in [5, 5.41) is 4.23. The molecule has 0 saturated heterocycles. The molecule has 2 rings (SSSR count). The van der Waals surface area contributed by atoms with Gasteiger partial charge in [0.05, 0.1) is 45.7 Å². The summed E-state index contributed by atoms with van der Waals surface area (Å²) in [7, 11) is 6.00. The Morgan fingerprint density at radius 1 is 1.03 bits per heavy atom. The second-order valence-corrected chi connectivity index (χ2v) is 6.54. The first kappa shape index (κ1) is 22.4. The van der Waals surface area contributed by atoms with Gasteiger partial charge in [0.1, 0.15) is 0 Å². The minimum atomic E-state index is -0.482. The number of nitrogens with one attached hydrogen (secondary N) is 1. The summed E-state index contributed by atoms with van der Waals surface area (Å²) >= 11 is 3.42. The SMILES string of the molecule is COC(=O)COc1c(Br)cc(/C=N\NCc2ccc(OC)c(OC)c2)cc1OC. The molecule has 0 aliphatic rings. The van der Waals surface area contributed by atoms with Crippen LogP contribution in [0.15, 0.2) is 39.9 Å². The molecular weight excluding hydrogens is 444 g/mol. The maximum Gasteiger partial charge on any atom is 0.343 e. The molecule has 0 aliphatic carbocycles. The number of esters is 1. The second-order valence-electron chi connectivity index (χ2n) is 5.68. The minimum absolute atomic E-state index is 0.216. The number of methoxy groups -OCH3 is 4. The molecule has 0 aromatic heterocycles. The summed E-state index contributed by atoms with van der Waals surface area (Å²) in [5.41, 5.74) is 4.75. The molecule has 0 fully saturated rings. The van der Waals surface area contributed by atoms with Crippen LogP contribution in [0.2, 0.25) is 0 Å². The van der Waals surface area contributed by atoms with Crippen LogP contribution in [0.25, 0.3) is 0 Å². The zero-order valence-electron chi connectivity index (χ0n) is 16.7. The molecule has 0 unspecified atom stereocenters. The first-order valence-corrected chi connectivity index (χ1v) is 9.35. The monoisotopic (exact) mass is 466 g/mol. The third-order valence-electron chi connectivity index (χ3n) is 3.85. The molecule has 0 atom stereocenters. The van der Waals surface area contributed by atoms with Crippen molar-refractivity contribution in [3.63, 3.8) is 0 Å². The summed E-state index contributed by atoms with van der Waals surface area (Å²) in [5.74, 6) is 1.72. The van der Waals surface area contributed by atoms with E-state index in [-0.39, 0.29) is 6.61 Å². The van der Waals surface area contributed by atoms with E-state index in [9.17, 15) is 4.79 Å². The van der Waals surface area contributed by atoms with Gasteiger partial charge < -0.3 is 29.1 Å². The maximum absolute atomic E-state index is 11.3. The van der Waals surface area contributed by atoms with Crippen molar-refractivity contribution in [2.45, 2.75) is 6.54 Å². The zero-order valence-corrected chi connectivity index (χ0v) is 18.2. The molecule has 2 aromatic rings. The Balaban J connectivity index is 2.03. The number of rotatable bonds is 10. The Morgan fingerprint density at radius 3 is 2.41 bits per heavy atom. The normalized spacial score (nSPS) is 10.5. The predicted octanol–water partition coefficient (Wildman–Crippen LogP) is 3.15. The lowest BCUT2D eigenvalue weighted by atomic mass is 10.2. The fraction of sp³-hybridized carbons (Fsp3) is 0.300. The molecule has 1 N–H and O–H groups in total. The molecule has 0 spiro atoms. The van der Waals surface area contributed by atoms with Crippen LogP contribution in [0.1, 0.15) is 11.1 Å². The molecule has 0 heterocycles. The van der Waals surface area contributed by atoms with E-state index < -0.39 is 5.97 Å². The van der Waals surface area contributed by atoms with Gasteiger partial charge in [-0.3, -0.25) is 0 Å². The van der Waals surface area contributed by atoms with Crippen LogP contribution in [0.3, 0.4) is 0 Å². The van der Waals surface area contributed by atoms with Crippen LogP contribution in [0.4, 0.5) is 0 Å². The average Bonchev–Trinajstić information content (AvgIpc) is 2.74. The molecule has 9 heteroatoms. The Bertz CT molecular complexity index is 872. The number of ether oxygens (including phenoxy) is 5. The van der Waals surface area contributed by atoms with Crippen LogP contribution in [0, 0.1) is 0 Å². The van der Waals surface area contributed by atoms with Gasteiger partial charge in [-0.25, -0.2) is 4.79 Å². The minimum Gasteiger partial charge on any atom is -0.493 e. The van der Waals surface area contributed by atoms with Crippen LogP contribution in [-0.4, -0.2) is 47.2 Å². The van der Waals surface area contributed by atoms with Crippen LogP contribution in [-0.2, 0) is 16.1 Å². The fourth-order valence-corrected chi connectivity index (χ4v) is 2.97. The van der Waals surface area contributed by atoms with Crippen molar-refractivity contribution in [2.24, 2.45) is 5.10 Å². The van der Waals surface area contributed by atoms with Gasteiger partial charge in [-0.15, -0.1) is 0 Å². The third-order valence-corrected chi connectivity index (χ3v) is 4.44. The Kier molecular flexibility index (Phi) is 8.60. The molecule has 0 aliphatic heterocycles. The van der Waals surface area contributed by atoms with E-state index in [0.717, 1.165) is 11.1 Å². The van der Waals surface area contributed by atoms with Gasteiger partial charge in [0.25, 0.3) is 0 Å². The lowest BCUT2D eigenvalue weighted by molar-refractivity contribution is -0.142. The van der Waals surface area contributed by atoms with Gasteiger partial charge in [-0.2, -0.15) is 5.10 Å². The molecule has 156 valence electrons. The highest BCUT2D eigenvalue weighted by molar-refractivity contribution is 9.10. The van der Waals surface area contributed by atoms with Crippen LogP contribution >= 0.6 is 15.9 Å². The summed E-state index contributed by atoms with van der Waals surface area (Å²) in [4.78, 5) is 11.3. The molecular formula is C20H23BrN2O6. The lowest BCUT2D eigenvalue weighted by Gasteiger charge is -2.12. The Labute approximate surface area is 177 Å². The summed E-state index contributed by atoms with van der Waals surface area (Å²) < 4.78 is 26.5. The van der Waals surface area contributed by atoms with E-state index in [4.69, 9.17) is 18.9 Å². The zero-order chi connectivity index (χ0) is 21.2. The summed E-state index contributed by atoms with van der Waals surface area (Å²) in [6, 6.07) is 9.20. The fourth-order valence-electron chi connectivity index (χ4n) is 2.39. The van der Waals surface area contributed by atoms with Crippen molar-refractivity contribution in [1.82, 2.24) is 5.43 Å². The van der Waals surface area contributed by atoms with Crippen molar-refractivity contribution in [2.75, 3.05) is 35.0 Å². The molecule has 0 bridgehead atoms. The quantitative estimate of drug-likeness (QED) is 0.326. The second kappa shape index (κ2) is 11.2. The lowest BCUT2D eigenvalue weighted by Crippen LogP contribution is -2.13. The molecule has 2 aromatic carbocycles. The number of benzene rings is 2. The molecule has 29 heavy (non-hydrogen) atoms. The van der Waals surface area contributed by atoms with E-state index in [1.165, 1.54) is 14.2 Å². The molecule has 0 radical (unpaired) electrons.